The van der Waals surface area contributed by atoms with E-state index in [-0.39, 0.29) is 24.2 Å². The Morgan fingerprint density at radius 3 is 2.70 bits per heavy atom. The van der Waals surface area contributed by atoms with Crippen molar-refractivity contribution in [1.82, 2.24) is 15.1 Å². The minimum atomic E-state index is -0.608. The number of ether oxygens (including phenoxy) is 2. The number of nitrogens with zero attached hydrogens (tertiary/aromatic N) is 2. The van der Waals surface area contributed by atoms with E-state index in [0.717, 1.165) is 14.7 Å². The molecule has 1 atom stereocenters. The summed E-state index contributed by atoms with van der Waals surface area (Å²) in [6, 6.07) is 9.26. The van der Waals surface area contributed by atoms with E-state index in [1.54, 1.807) is 18.2 Å². The smallest absolute Gasteiger partial charge is 0.307 e. The molecular weight excluding hydrogens is 418 g/mol. The minimum Gasteiger partial charge on any atom is -0.469 e. The van der Waals surface area contributed by atoms with E-state index in [1.165, 1.54) is 26.4 Å². The molecule has 9 heteroatoms. The van der Waals surface area contributed by atoms with Gasteiger partial charge in [0.25, 0.3) is 11.5 Å². The molecule has 1 unspecified atom stereocenters. The van der Waals surface area contributed by atoms with Crippen molar-refractivity contribution in [2.75, 3.05) is 20.8 Å². The van der Waals surface area contributed by atoms with Gasteiger partial charge in [-0.25, -0.2) is 4.68 Å². The molecule has 1 aromatic carbocycles. The maximum atomic E-state index is 12.6. The van der Waals surface area contributed by atoms with Gasteiger partial charge in [-0.1, -0.05) is 28.1 Å². The van der Waals surface area contributed by atoms with Crippen LogP contribution in [-0.2, 0) is 20.8 Å². The van der Waals surface area contributed by atoms with Crippen LogP contribution in [0.4, 0.5) is 0 Å². The molecule has 0 saturated carbocycles. The largest absolute Gasteiger partial charge is 0.469 e. The predicted molar refractivity (Wildman–Crippen MR) is 101 cm³/mol. The van der Waals surface area contributed by atoms with Crippen molar-refractivity contribution in [3.63, 3.8) is 0 Å². The van der Waals surface area contributed by atoms with Crippen LogP contribution >= 0.6 is 15.9 Å². The van der Waals surface area contributed by atoms with Gasteiger partial charge in [0.1, 0.15) is 5.69 Å². The number of aromatic nitrogens is 2. The van der Waals surface area contributed by atoms with Gasteiger partial charge in [0.2, 0.25) is 0 Å². The first-order chi connectivity index (χ1) is 12.9. The van der Waals surface area contributed by atoms with Crippen LogP contribution in [0.1, 0.15) is 28.5 Å². The summed E-state index contributed by atoms with van der Waals surface area (Å²) in [4.78, 5) is 36.2. The maximum Gasteiger partial charge on any atom is 0.307 e. The highest BCUT2D eigenvalue weighted by molar-refractivity contribution is 9.10. The molecule has 0 bridgehead atoms. The Morgan fingerprint density at radius 2 is 2.04 bits per heavy atom. The van der Waals surface area contributed by atoms with Gasteiger partial charge in [0.15, 0.2) is 0 Å². The van der Waals surface area contributed by atoms with Crippen LogP contribution in [0.3, 0.4) is 0 Å². The second kappa shape index (κ2) is 9.98. The fourth-order valence-corrected chi connectivity index (χ4v) is 2.78. The maximum absolute atomic E-state index is 12.6. The lowest BCUT2D eigenvalue weighted by Gasteiger charge is -2.18. The SMILES string of the molecule is COCCn1nc(C(=O)NC(CC(=O)OC)c2cccc(Br)c2)ccc1=O. The Kier molecular flexibility index (Phi) is 7.68. The van der Waals surface area contributed by atoms with Crippen molar-refractivity contribution >= 4 is 27.8 Å². The molecule has 1 aromatic heterocycles. The number of hydrogen-bond acceptors (Lipinski definition) is 6. The van der Waals surface area contributed by atoms with Crippen LogP contribution in [0, 0.1) is 0 Å². The standard InChI is InChI=1S/C18H20BrN3O5/c1-26-9-8-22-16(23)7-6-14(21-22)18(25)20-15(11-17(24)27-2)12-4-3-5-13(19)10-12/h3-7,10,15H,8-9,11H2,1-2H3,(H,20,25). The number of halogens is 1. The normalized spacial score (nSPS) is 11.7. The molecule has 2 aromatic rings. The van der Waals surface area contributed by atoms with Gasteiger partial charge in [-0.3, -0.25) is 14.4 Å². The van der Waals surface area contributed by atoms with Gasteiger partial charge in [0, 0.05) is 17.6 Å². The lowest BCUT2D eigenvalue weighted by atomic mass is 10.0. The average Bonchev–Trinajstić information content (AvgIpc) is 2.66. The summed E-state index contributed by atoms with van der Waals surface area (Å²) in [5.74, 6) is -0.964. The lowest BCUT2D eigenvalue weighted by Crippen LogP contribution is -2.33. The molecule has 1 heterocycles. The molecule has 8 nitrogen and oxygen atoms in total. The minimum absolute atomic E-state index is 0.0397. The third-order valence-corrected chi connectivity index (χ3v) is 4.25. The molecule has 0 radical (unpaired) electrons. The summed E-state index contributed by atoms with van der Waals surface area (Å²) < 4.78 is 11.6. The molecular formula is C18H20BrN3O5. The molecule has 0 aliphatic heterocycles. The highest BCUT2D eigenvalue weighted by atomic mass is 79.9. The average molecular weight is 438 g/mol. The Balaban J connectivity index is 2.25. The third kappa shape index (κ3) is 6.00. The second-order valence-corrected chi connectivity index (χ2v) is 6.55. The van der Waals surface area contributed by atoms with Crippen LogP contribution in [0.5, 0.6) is 0 Å². The van der Waals surface area contributed by atoms with Crippen LogP contribution < -0.4 is 10.9 Å². The molecule has 27 heavy (non-hydrogen) atoms. The number of carbonyl (C=O) groups excluding carboxylic acids is 2. The van der Waals surface area contributed by atoms with E-state index in [0.29, 0.717) is 6.61 Å². The number of benzene rings is 1. The summed E-state index contributed by atoms with van der Waals surface area (Å²) >= 11 is 3.38. The molecule has 0 aliphatic carbocycles. The summed E-state index contributed by atoms with van der Waals surface area (Å²) in [5.41, 5.74) is 0.466. The second-order valence-electron chi connectivity index (χ2n) is 5.63. The van der Waals surface area contributed by atoms with Crippen molar-refractivity contribution in [1.29, 1.82) is 0 Å². The van der Waals surface area contributed by atoms with E-state index in [4.69, 9.17) is 9.47 Å². The van der Waals surface area contributed by atoms with Crippen molar-refractivity contribution in [2.45, 2.75) is 19.0 Å². The van der Waals surface area contributed by atoms with Gasteiger partial charge in [-0.15, -0.1) is 0 Å². The summed E-state index contributed by atoms with van der Waals surface area (Å²) in [5, 5.41) is 6.84. The van der Waals surface area contributed by atoms with Crippen LogP contribution in [0.25, 0.3) is 0 Å². The number of hydrogen-bond donors (Lipinski definition) is 1. The number of amides is 1. The number of rotatable bonds is 8. The predicted octanol–water partition coefficient (Wildman–Crippen LogP) is 1.69. The zero-order valence-electron chi connectivity index (χ0n) is 15.0. The first-order valence-corrected chi connectivity index (χ1v) is 8.94. The highest BCUT2D eigenvalue weighted by Crippen LogP contribution is 2.21. The topological polar surface area (TPSA) is 99.5 Å². The molecule has 1 amide bonds. The van der Waals surface area contributed by atoms with Crippen molar-refractivity contribution < 1.29 is 19.1 Å². The number of esters is 1. The molecule has 0 fully saturated rings. The zero-order chi connectivity index (χ0) is 19.8. The molecule has 0 spiro atoms. The first kappa shape index (κ1) is 20.8. The summed E-state index contributed by atoms with van der Waals surface area (Å²) in [6.45, 7) is 0.522. The molecule has 0 saturated heterocycles. The number of carbonyl (C=O) groups is 2. The van der Waals surface area contributed by atoms with Gasteiger partial charge < -0.3 is 14.8 Å². The summed E-state index contributed by atoms with van der Waals surface area (Å²) in [7, 11) is 2.80. The first-order valence-electron chi connectivity index (χ1n) is 8.15. The van der Waals surface area contributed by atoms with Gasteiger partial charge >= 0.3 is 5.97 Å². The zero-order valence-corrected chi connectivity index (χ0v) is 16.6. The van der Waals surface area contributed by atoms with Crippen molar-refractivity contribution in [2.24, 2.45) is 0 Å². The summed E-state index contributed by atoms with van der Waals surface area (Å²) in [6.07, 6.45) is -0.0397. The van der Waals surface area contributed by atoms with Crippen molar-refractivity contribution in [3.8, 4) is 0 Å². The Bertz CT molecular complexity index is 868. The van der Waals surface area contributed by atoms with Gasteiger partial charge in [-0.2, -0.15) is 5.10 Å². The van der Waals surface area contributed by atoms with E-state index < -0.39 is 17.9 Å². The van der Waals surface area contributed by atoms with Gasteiger partial charge in [0.05, 0.1) is 32.7 Å². The Labute approximate surface area is 164 Å². The van der Waals surface area contributed by atoms with Crippen LogP contribution in [0.2, 0.25) is 0 Å². The molecule has 0 aliphatic rings. The molecule has 144 valence electrons. The Hall–Kier alpha value is -2.52. The fraction of sp³-hybridized carbons (Fsp3) is 0.333. The number of methoxy groups -OCH3 is 2. The fourth-order valence-electron chi connectivity index (χ4n) is 2.37. The van der Waals surface area contributed by atoms with Crippen molar-refractivity contribution in [3.05, 3.63) is 62.5 Å². The van der Waals surface area contributed by atoms with E-state index >= 15 is 0 Å². The third-order valence-electron chi connectivity index (χ3n) is 3.76. The van der Waals surface area contributed by atoms with E-state index in [2.05, 4.69) is 26.3 Å². The van der Waals surface area contributed by atoms with Crippen LogP contribution in [-0.4, -0.2) is 42.5 Å². The van der Waals surface area contributed by atoms with Crippen LogP contribution in [0.15, 0.2) is 45.7 Å². The highest BCUT2D eigenvalue weighted by Gasteiger charge is 2.21. The van der Waals surface area contributed by atoms with Gasteiger partial charge in [-0.05, 0) is 23.8 Å². The number of nitrogens with one attached hydrogen (secondary N) is 1. The van der Waals surface area contributed by atoms with E-state index in [1.807, 2.05) is 6.07 Å². The molecule has 2 rings (SSSR count). The lowest BCUT2D eigenvalue weighted by molar-refractivity contribution is -0.141. The Morgan fingerprint density at radius 1 is 1.26 bits per heavy atom. The monoisotopic (exact) mass is 437 g/mol. The molecule has 1 N–H and O–H groups in total. The van der Waals surface area contributed by atoms with E-state index in [9.17, 15) is 14.4 Å². The quantitative estimate of drug-likeness (QED) is 0.630.